The molecule has 0 amide bonds. The first kappa shape index (κ1) is 15.6. The van der Waals surface area contributed by atoms with Crippen LogP contribution in [-0.2, 0) is 12.8 Å². The summed E-state index contributed by atoms with van der Waals surface area (Å²) in [5.41, 5.74) is 2.14. The zero-order valence-electron chi connectivity index (χ0n) is 11.8. The summed E-state index contributed by atoms with van der Waals surface area (Å²) in [6.07, 6.45) is 0. The average molecular weight is 395 g/mol. The molecule has 3 rings (SSSR count). The summed E-state index contributed by atoms with van der Waals surface area (Å²) in [6, 6.07) is 15.9. The van der Waals surface area contributed by atoms with E-state index in [0.29, 0.717) is 0 Å². The van der Waals surface area contributed by atoms with Crippen LogP contribution in [0.3, 0.4) is 0 Å². The molecule has 1 heterocycles. The molecule has 0 saturated carbocycles. The third-order valence-corrected chi connectivity index (χ3v) is 5.22. The molecule has 0 radical (unpaired) electrons. The molecule has 112 valence electrons. The number of thioether (sulfide) groups is 1. The van der Waals surface area contributed by atoms with Gasteiger partial charge in [-0.05, 0) is 23.8 Å². The Kier molecular flexibility index (Phi) is 4.86. The van der Waals surface area contributed by atoms with Crippen LogP contribution < -0.4 is 0 Å². The van der Waals surface area contributed by atoms with Crippen molar-refractivity contribution in [2.45, 2.75) is 10.9 Å². The fourth-order valence-corrected chi connectivity index (χ4v) is 3.51. The van der Waals surface area contributed by atoms with Crippen molar-refractivity contribution in [2.75, 3.05) is 0 Å². The number of hydrogen-bond acceptors (Lipinski definition) is 3. The van der Waals surface area contributed by atoms with Gasteiger partial charge < -0.3 is 4.57 Å². The highest BCUT2D eigenvalue weighted by Gasteiger charge is 2.11. The van der Waals surface area contributed by atoms with Gasteiger partial charge in [-0.2, -0.15) is 0 Å². The van der Waals surface area contributed by atoms with Crippen molar-refractivity contribution in [3.63, 3.8) is 0 Å². The van der Waals surface area contributed by atoms with E-state index in [1.165, 1.54) is 0 Å². The molecule has 0 bridgehead atoms. The lowest BCUT2D eigenvalue weighted by Crippen LogP contribution is -1.95. The molecule has 6 heteroatoms. The molecule has 0 N–H and O–H groups in total. The lowest BCUT2D eigenvalue weighted by atomic mass is 10.2. The van der Waals surface area contributed by atoms with Crippen molar-refractivity contribution in [1.29, 1.82) is 0 Å². The zero-order chi connectivity index (χ0) is 15.5. The standard InChI is InChI=1S/C16H13BrClN3S/c1-21-15(11-6-8-13(17)9-7-11)19-20-16(21)22-10-12-4-2-3-5-14(12)18/h2-9H,10H2,1H3. The normalized spacial score (nSPS) is 10.9. The van der Waals surface area contributed by atoms with Crippen molar-refractivity contribution in [3.8, 4) is 11.4 Å². The monoisotopic (exact) mass is 393 g/mol. The minimum Gasteiger partial charge on any atom is -0.305 e. The van der Waals surface area contributed by atoms with Crippen LogP contribution in [0.4, 0.5) is 0 Å². The van der Waals surface area contributed by atoms with E-state index < -0.39 is 0 Å². The lowest BCUT2D eigenvalue weighted by Gasteiger charge is -2.05. The Labute approximate surface area is 146 Å². The van der Waals surface area contributed by atoms with Crippen LogP contribution in [0, 0.1) is 0 Å². The molecular formula is C16H13BrClN3S. The maximum atomic E-state index is 6.19. The van der Waals surface area contributed by atoms with Crippen LogP contribution in [0.1, 0.15) is 5.56 Å². The molecule has 0 aliphatic carbocycles. The Morgan fingerprint density at radius 3 is 2.55 bits per heavy atom. The van der Waals surface area contributed by atoms with Gasteiger partial charge in [-0.25, -0.2) is 0 Å². The quantitative estimate of drug-likeness (QED) is 0.570. The molecule has 0 unspecified atom stereocenters. The van der Waals surface area contributed by atoms with E-state index >= 15 is 0 Å². The van der Waals surface area contributed by atoms with Gasteiger partial charge in [0, 0.05) is 27.9 Å². The predicted octanol–water partition coefficient (Wildman–Crippen LogP) is 5.19. The second kappa shape index (κ2) is 6.86. The first-order valence-electron chi connectivity index (χ1n) is 6.66. The molecular weight excluding hydrogens is 382 g/mol. The minimum atomic E-state index is 0.770. The van der Waals surface area contributed by atoms with Crippen molar-refractivity contribution in [3.05, 3.63) is 63.6 Å². The Hall–Kier alpha value is -1.30. The third kappa shape index (κ3) is 3.37. The number of nitrogens with zero attached hydrogens (tertiary/aromatic N) is 3. The van der Waals surface area contributed by atoms with Gasteiger partial charge in [-0.3, -0.25) is 0 Å². The molecule has 0 spiro atoms. The van der Waals surface area contributed by atoms with E-state index in [2.05, 4.69) is 26.1 Å². The van der Waals surface area contributed by atoms with Gasteiger partial charge in [-0.15, -0.1) is 10.2 Å². The first-order valence-corrected chi connectivity index (χ1v) is 8.82. The highest BCUT2D eigenvalue weighted by atomic mass is 79.9. The molecule has 3 nitrogen and oxygen atoms in total. The van der Waals surface area contributed by atoms with E-state index in [4.69, 9.17) is 11.6 Å². The Morgan fingerprint density at radius 1 is 1.09 bits per heavy atom. The fraction of sp³-hybridized carbons (Fsp3) is 0.125. The predicted molar refractivity (Wildman–Crippen MR) is 95.2 cm³/mol. The van der Waals surface area contributed by atoms with E-state index in [0.717, 1.165) is 37.4 Å². The smallest absolute Gasteiger partial charge is 0.191 e. The maximum absolute atomic E-state index is 6.19. The van der Waals surface area contributed by atoms with E-state index in [9.17, 15) is 0 Å². The molecule has 2 aromatic carbocycles. The van der Waals surface area contributed by atoms with Crippen LogP contribution in [-0.4, -0.2) is 14.8 Å². The van der Waals surface area contributed by atoms with Crippen LogP contribution in [0.2, 0.25) is 5.02 Å². The summed E-state index contributed by atoms with van der Waals surface area (Å²) in [5.74, 6) is 1.63. The van der Waals surface area contributed by atoms with Gasteiger partial charge in [0.2, 0.25) is 0 Å². The van der Waals surface area contributed by atoms with Crippen molar-refractivity contribution < 1.29 is 0 Å². The molecule has 22 heavy (non-hydrogen) atoms. The Morgan fingerprint density at radius 2 is 1.82 bits per heavy atom. The highest BCUT2D eigenvalue weighted by Crippen LogP contribution is 2.28. The molecule has 0 saturated heterocycles. The second-order valence-electron chi connectivity index (χ2n) is 4.75. The zero-order valence-corrected chi connectivity index (χ0v) is 15.0. The van der Waals surface area contributed by atoms with Gasteiger partial charge in [0.05, 0.1) is 0 Å². The van der Waals surface area contributed by atoms with Gasteiger partial charge >= 0.3 is 0 Å². The largest absolute Gasteiger partial charge is 0.305 e. The SMILES string of the molecule is Cn1c(SCc2ccccc2Cl)nnc1-c1ccc(Br)cc1. The lowest BCUT2D eigenvalue weighted by molar-refractivity contribution is 0.794. The highest BCUT2D eigenvalue weighted by molar-refractivity contribution is 9.10. The van der Waals surface area contributed by atoms with Gasteiger partial charge in [0.1, 0.15) is 0 Å². The molecule has 0 aliphatic rings. The van der Waals surface area contributed by atoms with Crippen LogP contribution in [0.25, 0.3) is 11.4 Å². The number of rotatable bonds is 4. The summed E-state index contributed by atoms with van der Waals surface area (Å²) in [5, 5.41) is 10.2. The molecule has 3 aromatic rings. The summed E-state index contributed by atoms with van der Waals surface area (Å²) in [7, 11) is 1.98. The summed E-state index contributed by atoms with van der Waals surface area (Å²) < 4.78 is 3.05. The van der Waals surface area contributed by atoms with E-state index in [1.54, 1.807) is 11.8 Å². The number of benzene rings is 2. The van der Waals surface area contributed by atoms with Gasteiger partial charge in [-0.1, -0.05) is 69.6 Å². The summed E-state index contributed by atoms with van der Waals surface area (Å²) in [6.45, 7) is 0. The van der Waals surface area contributed by atoms with Crippen molar-refractivity contribution in [2.24, 2.45) is 7.05 Å². The average Bonchev–Trinajstić information content (AvgIpc) is 2.88. The molecule has 1 aromatic heterocycles. The number of halogens is 2. The van der Waals surface area contributed by atoms with Crippen LogP contribution in [0.15, 0.2) is 58.2 Å². The van der Waals surface area contributed by atoms with Crippen LogP contribution >= 0.6 is 39.3 Å². The van der Waals surface area contributed by atoms with E-state index in [1.807, 2.05) is 60.1 Å². The molecule has 0 fully saturated rings. The van der Waals surface area contributed by atoms with Gasteiger partial charge in [0.15, 0.2) is 11.0 Å². The number of aromatic nitrogens is 3. The van der Waals surface area contributed by atoms with Crippen LogP contribution in [0.5, 0.6) is 0 Å². The van der Waals surface area contributed by atoms with Gasteiger partial charge in [0.25, 0.3) is 0 Å². The second-order valence-corrected chi connectivity index (χ2v) is 7.02. The molecule has 0 aliphatic heterocycles. The van der Waals surface area contributed by atoms with E-state index in [-0.39, 0.29) is 0 Å². The first-order chi connectivity index (χ1) is 10.6. The summed E-state index contributed by atoms with van der Waals surface area (Å²) >= 11 is 11.3. The Bertz CT molecular complexity index is 786. The van der Waals surface area contributed by atoms with Crippen molar-refractivity contribution >= 4 is 39.3 Å². The van der Waals surface area contributed by atoms with Crippen molar-refractivity contribution in [1.82, 2.24) is 14.8 Å². The minimum absolute atomic E-state index is 0.770. The third-order valence-electron chi connectivity index (χ3n) is 3.25. The molecule has 0 atom stereocenters. The maximum Gasteiger partial charge on any atom is 0.191 e. The number of hydrogen-bond donors (Lipinski definition) is 0. The Balaban J connectivity index is 1.79. The summed E-state index contributed by atoms with van der Waals surface area (Å²) in [4.78, 5) is 0. The topological polar surface area (TPSA) is 30.7 Å². The fourth-order valence-electron chi connectivity index (χ4n) is 2.05.